The molecule has 2 aromatic rings. The van der Waals surface area contributed by atoms with Crippen LogP contribution in [0.3, 0.4) is 0 Å². The number of benzene rings is 1. The number of ketones is 1. The van der Waals surface area contributed by atoms with Crippen molar-refractivity contribution in [2.24, 2.45) is 0 Å². The van der Waals surface area contributed by atoms with Crippen LogP contribution in [0.1, 0.15) is 47.8 Å². The average molecular weight is 342 g/mol. The summed E-state index contributed by atoms with van der Waals surface area (Å²) in [5.41, 5.74) is 7.64. The summed E-state index contributed by atoms with van der Waals surface area (Å²) in [6, 6.07) is 6.55. The highest BCUT2D eigenvalue weighted by atomic mass is 16.3. The Morgan fingerprint density at radius 2 is 2.00 bits per heavy atom. The van der Waals surface area contributed by atoms with Gasteiger partial charge in [-0.05, 0) is 44.0 Å². The summed E-state index contributed by atoms with van der Waals surface area (Å²) in [6.07, 6.45) is 5.31. The SMILES string of the molecule is CCCCCNC(Cc1ccc(O)cc1)C(=O)c1cnc(N)nc1C. The molecular weight excluding hydrogens is 316 g/mol. The van der Waals surface area contributed by atoms with Gasteiger partial charge in [0, 0.05) is 6.20 Å². The average Bonchev–Trinajstić information content (AvgIpc) is 2.59. The van der Waals surface area contributed by atoms with Gasteiger partial charge in [0.1, 0.15) is 5.75 Å². The Kier molecular flexibility index (Phi) is 6.89. The number of phenolic OH excluding ortho intramolecular Hbond substituents is 1. The number of hydrogen-bond donors (Lipinski definition) is 3. The van der Waals surface area contributed by atoms with Crippen LogP contribution in [0.15, 0.2) is 30.5 Å². The highest BCUT2D eigenvalue weighted by molar-refractivity contribution is 6.01. The first-order chi connectivity index (χ1) is 12.0. The fourth-order valence-corrected chi connectivity index (χ4v) is 2.69. The van der Waals surface area contributed by atoms with Gasteiger partial charge in [-0.25, -0.2) is 9.97 Å². The summed E-state index contributed by atoms with van der Waals surface area (Å²) in [5, 5.41) is 12.8. The molecule has 0 saturated heterocycles. The summed E-state index contributed by atoms with van der Waals surface area (Å²) < 4.78 is 0. The quantitative estimate of drug-likeness (QED) is 0.478. The number of aromatic nitrogens is 2. The first-order valence-corrected chi connectivity index (χ1v) is 8.66. The van der Waals surface area contributed by atoms with Crippen LogP contribution < -0.4 is 11.1 Å². The van der Waals surface area contributed by atoms with Crippen molar-refractivity contribution in [3.63, 3.8) is 0 Å². The summed E-state index contributed by atoms with van der Waals surface area (Å²) in [4.78, 5) is 21.0. The van der Waals surface area contributed by atoms with E-state index >= 15 is 0 Å². The second-order valence-corrected chi connectivity index (χ2v) is 6.18. The lowest BCUT2D eigenvalue weighted by molar-refractivity contribution is 0.0941. The zero-order valence-corrected chi connectivity index (χ0v) is 14.8. The molecule has 6 heteroatoms. The third kappa shape index (κ3) is 5.53. The second-order valence-electron chi connectivity index (χ2n) is 6.18. The van der Waals surface area contributed by atoms with Gasteiger partial charge in [-0.3, -0.25) is 4.79 Å². The zero-order valence-electron chi connectivity index (χ0n) is 14.8. The number of aromatic hydroxyl groups is 1. The number of rotatable bonds is 9. The largest absolute Gasteiger partial charge is 0.508 e. The van der Waals surface area contributed by atoms with Gasteiger partial charge in [0.2, 0.25) is 5.95 Å². The summed E-state index contributed by atoms with van der Waals surface area (Å²) in [7, 11) is 0. The Labute approximate surface area is 148 Å². The van der Waals surface area contributed by atoms with E-state index in [9.17, 15) is 9.90 Å². The van der Waals surface area contributed by atoms with Gasteiger partial charge in [0.15, 0.2) is 5.78 Å². The molecule has 1 unspecified atom stereocenters. The Morgan fingerprint density at radius 1 is 1.28 bits per heavy atom. The molecule has 0 aliphatic rings. The molecule has 0 aliphatic heterocycles. The Bertz CT molecular complexity index is 701. The van der Waals surface area contributed by atoms with E-state index in [1.807, 2.05) is 12.1 Å². The topological polar surface area (TPSA) is 101 Å². The number of unbranched alkanes of at least 4 members (excludes halogenated alkanes) is 2. The number of nitrogen functional groups attached to an aromatic ring is 1. The van der Waals surface area contributed by atoms with E-state index in [4.69, 9.17) is 5.73 Å². The van der Waals surface area contributed by atoms with Gasteiger partial charge >= 0.3 is 0 Å². The van der Waals surface area contributed by atoms with E-state index in [-0.39, 0.29) is 23.5 Å². The van der Waals surface area contributed by atoms with Gasteiger partial charge in [-0.1, -0.05) is 31.9 Å². The number of carbonyl (C=O) groups excluding carboxylic acids is 1. The third-order valence-corrected chi connectivity index (χ3v) is 4.13. The van der Waals surface area contributed by atoms with E-state index in [0.29, 0.717) is 17.7 Å². The van der Waals surface area contributed by atoms with Crippen molar-refractivity contribution < 1.29 is 9.90 Å². The monoisotopic (exact) mass is 342 g/mol. The molecule has 1 aromatic carbocycles. The van der Waals surface area contributed by atoms with Crippen LogP contribution in [0.2, 0.25) is 0 Å². The van der Waals surface area contributed by atoms with Crippen molar-refractivity contribution in [1.82, 2.24) is 15.3 Å². The van der Waals surface area contributed by atoms with Gasteiger partial charge in [-0.15, -0.1) is 0 Å². The molecule has 0 spiro atoms. The Hall–Kier alpha value is -2.47. The number of phenols is 1. The van der Waals surface area contributed by atoms with E-state index in [1.54, 1.807) is 19.1 Å². The number of hydrogen-bond acceptors (Lipinski definition) is 6. The highest BCUT2D eigenvalue weighted by Gasteiger charge is 2.22. The molecule has 25 heavy (non-hydrogen) atoms. The zero-order chi connectivity index (χ0) is 18.2. The minimum atomic E-state index is -0.368. The number of anilines is 1. The molecule has 0 fully saturated rings. The number of nitrogens with one attached hydrogen (secondary N) is 1. The number of aryl methyl sites for hydroxylation is 1. The van der Waals surface area contributed by atoms with Crippen LogP contribution in [-0.2, 0) is 6.42 Å². The van der Waals surface area contributed by atoms with Gasteiger partial charge in [-0.2, -0.15) is 0 Å². The summed E-state index contributed by atoms with van der Waals surface area (Å²) in [5.74, 6) is 0.340. The van der Waals surface area contributed by atoms with E-state index in [2.05, 4.69) is 22.2 Å². The molecule has 4 N–H and O–H groups in total. The second kappa shape index (κ2) is 9.13. The first kappa shape index (κ1) is 18.9. The van der Waals surface area contributed by atoms with Gasteiger partial charge in [0.25, 0.3) is 0 Å². The fraction of sp³-hybridized carbons (Fsp3) is 0.421. The molecule has 1 atom stereocenters. The van der Waals surface area contributed by atoms with Crippen LogP contribution in [0, 0.1) is 6.92 Å². The van der Waals surface area contributed by atoms with Crippen molar-refractivity contribution in [2.75, 3.05) is 12.3 Å². The first-order valence-electron chi connectivity index (χ1n) is 8.66. The maximum atomic E-state index is 13.0. The number of carbonyl (C=O) groups is 1. The molecule has 0 saturated carbocycles. The summed E-state index contributed by atoms with van der Waals surface area (Å²) >= 11 is 0. The van der Waals surface area contributed by atoms with E-state index in [0.717, 1.165) is 31.4 Å². The van der Waals surface area contributed by atoms with Crippen molar-refractivity contribution >= 4 is 11.7 Å². The maximum absolute atomic E-state index is 13.0. The van der Waals surface area contributed by atoms with Gasteiger partial charge in [0.05, 0.1) is 17.3 Å². The van der Waals surface area contributed by atoms with E-state index < -0.39 is 0 Å². The molecule has 0 radical (unpaired) electrons. The molecule has 0 aliphatic carbocycles. The Morgan fingerprint density at radius 3 is 2.64 bits per heavy atom. The molecule has 6 nitrogen and oxygen atoms in total. The van der Waals surface area contributed by atoms with Crippen molar-refractivity contribution in [3.8, 4) is 5.75 Å². The molecule has 2 rings (SSSR count). The fourth-order valence-electron chi connectivity index (χ4n) is 2.69. The van der Waals surface area contributed by atoms with E-state index in [1.165, 1.54) is 6.20 Å². The van der Waals surface area contributed by atoms with Crippen molar-refractivity contribution in [1.29, 1.82) is 0 Å². The van der Waals surface area contributed by atoms with Crippen LogP contribution in [-0.4, -0.2) is 33.4 Å². The van der Waals surface area contributed by atoms with Gasteiger partial charge < -0.3 is 16.2 Å². The third-order valence-electron chi connectivity index (χ3n) is 4.13. The lowest BCUT2D eigenvalue weighted by atomic mass is 9.97. The molecular formula is C19H26N4O2. The molecule has 1 heterocycles. The highest BCUT2D eigenvalue weighted by Crippen LogP contribution is 2.15. The Balaban J connectivity index is 2.16. The molecule has 1 aromatic heterocycles. The number of nitrogens with zero attached hydrogens (tertiary/aromatic N) is 2. The standard InChI is InChI=1S/C19H26N4O2/c1-3-4-5-10-21-17(11-14-6-8-15(24)9-7-14)18(25)16-12-22-19(20)23-13(16)2/h6-9,12,17,21,24H,3-5,10-11H2,1-2H3,(H2,20,22,23). The maximum Gasteiger partial charge on any atom is 0.220 e. The van der Waals surface area contributed by atoms with Crippen LogP contribution >= 0.6 is 0 Å². The predicted molar refractivity (Wildman–Crippen MR) is 98.6 cm³/mol. The lowest BCUT2D eigenvalue weighted by Crippen LogP contribution is -2.39. The smallest absolute Gasteiger partial charge is 0.220 e. The minimum Gasteiger partial charge on any atom is -0.508 e. The number of nitrogens with two attached hydrogens (primary N) is 1. The van der Waals surface area contributed by atoms with Crippen LogP contribution in [0.4, 0.5) is 5.95 Å². The molecule has 134 valence electrons. The minimum absolute atomic E-state index is 0.0397. The van der Waals surface area contributed by atoms with Crippen molar-refractivity contribution in [3.05, 3.63) is 47.3 Å². The summed E-state index contributed by atoms with van der Waals surface area (Å²) in [6.45, 7) is 4.69. The van der Waals surface area contributed by atoms with Crippen LogP contribution in [0.5, 0.6) is 5.75 Å². The van der Waals surface area contributed by atoms with Crippen LogP contribution in [0.25, 0.3) is 0 Å². The number of Topliss-reactive ketones (excluding diaryl/α,β-unsaturated/α-hetero) is 1. The molecule has 0 bridgehead atoms. The molecule has 0 amide bonds. The lowest BCUT2D eigenvalue weighted by Gasteiger charge is -2.19. The predicted octanol–water partition coefficient (Wildman–Crippen LogP) is 2.65. The van der Waals surface area contributed by atoms with Crippen molar-refractivity contribution in [2.45, 2.75) is 45.6 Å². The normalized spacial score (nSPS) is 12.1.